The maximum absolute atomic E-state index is 15.3. The van der Waals surface area contributed by atoms with E-state index in [1.54, 1.807) is 0 Å². The highest BCUT2D eigenvalue weighted by Crippen LogP contribution is 2.52. The SMILES string of the molecule is CC1CCC(F)C2CC(C(=O)N[C@@H]3CCC[C@@H](N4CCN5CNCC5C4)C3)NC12C1=CCCCC1. The van der Waals surface area contributed by atoms with Gasteiger partial charge in [-0.3, -0.25) is 19.9 Å². The minimum absolute atomic E-state index is 0.0678. The van der Waals surface area contributed by atoms with E-state index in [1.165, 1.54) is 31.3 Å². The number of carbonyl (C=O) groups is 1. The van der Waals surface area contributed by atoms with Gasteiger partial charge in [-0.25, -0.2) is 4.39 Å². The molecule has 35 heavy (non-hydrogen) atoms. The van der Waals surface area contributed by atoms with Crippen molar-refractivity contribution >= 4 is 5.91 Å². The average Bonchev–Trinajstić information content (AvgIpc) is 3.53. The lowest BCUT2D eigenvalue weighted by molar-refractivity contribution is -0.124. The van der Waals surface area contributed by atoms with Crippen LogP contribution >= 0.6 is 0 Å². The summed E-state index contributed by atoms with van der Waals surface area (Å²) >= 11 is 0. The molecule has 0 aromatic heterocycles. The summed E-state index contributed by atoms with van der Waals surface area (Å²) in [6.07, 6.45) is 12.9. The third kappa shape index (κ3) is 4.49. The molecule has 6 unspecified atom stereocenters. The quantitative estimate of drug-likeness (QED) is 0.533. The Labute approximate surface area is 210 Å². The van der Waals surface area contributed by atoms with Crippen molar-refractivity contribution in [3.63, 3.8) is 0 Å². The number of piperazine rings is 1. The first kappa shape index (κ1) is 24.3. The minimum atomic E-state index is -0.804. The Morgan fingerprint density at radius 1 is 1.09 bits per heavy atom. The summed E-state index contributed by atoms with van der Waals surface area (Å²) in [6, 6.07) is 1.19. The van der Waals surface area contributed by atoms with Gasteiger partial charge in [0, 0.05) is 62.4 Å². The number of rotatable bonds is 4. The zero-order chi connectivity index (χ0) is 24.0. The molecule has 3 aliphatic heterocycles. The van der Waals surface area contributed by atoms with Crippen molar-refractivity contribution in [3.8, 4) is 0 Å². The molecule has 2 saturated carbocycles. The summed E-state index contributed by atoms with van der Waals surface area (Å²) in [7, 11) is 0. The van der Waals surface area contributed by atoms with Crippen molar-refractivity contribution in [2.24, 2.45) is 11.8 Å². The number of fused-ring (bicyclic) bond motifs is 2. The zero-order valence-corrected chi connectivity index (χ0v) is 21.6. The number of hydrogen-bond acceptors (Lipinski definition) is 5. The van der Waals surface area contributed by atoms with E-state index in [-0.39, 0.29) is 29.4 Å². The second kappa shape index (κ2) is 10.0. The Kier molecular flexibility index (Phi) is 6.97. The van der Waals surface area contributed by atoms with Gasteiger partial charge in [0.25, 0.3) is 0 Å². The van der Waals surface area contributed by atoms with Crippen LogP contribution in [0, 0.1) is 11.8 Å². The van der Waals surface area contributed by atoms with Crippen molar-refractivity contribution in [2.45, 2.75) is 113 Å². The van der Waals surface area contributed by atoms with Crippen LogP contribution in [-0.2, 0) is 4.79 Å². The first-order valence-corrected chi connectivity index (χ1v) is 14.6. The average molecular weight is 488 g/mol. The molecule has 5 fully saturated rings. The number of carbonyl (C=O) groups excluding carboxylic acids is 1. The molecular weight excluding hydrogens is 441 g/mol. The third-order valence-corrected chi connectivity index (χ3v) is 10.6. The van der Waals surface area contributed by atoms with Gasteiger partial charge in [0.1, 0.15) is 6.17 Å². The highest BCUT2D eigenvalue weighted by molar-refractivity contribution is 5.83. The molecule has 6 aliphatic rings. The van der Waals surface area contributed by atoms with Gasteiger partial charge in [-0.1, -0.05) is 18.6 Å². The van der Waals surface area contributed by atoms with E-state index in [1.807, 2.05) is 0 Å². The van der Waals surface area contributed by atoms with Gasteiger partial charge in [-0.05, 0) is 76.5 Å². The van der Waals surface area contributed by atoms with Gasteiger partial charge in [-0.2, -0.15) is 0 Å². The predicted octanol–water partition coefficient (Wildman–Crippen LogP) is 2.95. The highest BCUT2D eigenvalue weighted by atomic mass is 19.1. The fraction of sp³-hybridized carbons (Fsp3) is 0.893. The number of nitrogens with zero attached hydrogens (tertiary/aromatic N) is 2. The second-order valence-electron chi connectivity index (χ2n) is 12.5. The number of hydrogen-bond donors (Lipinski definition) is 3. The van der Waals surface area contributed by atoms with Crippen LogP contribution in [0.25, 0.3) is 0 Å². The summed E-state index contributed by atoms with van der Waals surface area (Å²) in [4.78, 5) is 18.8. The largest absolute Gasteiger partial charge is 0.352 e. The van der Waals surface area contributed by atoms with Gasteiger partial charge in [0.15, 0.2) is 0 Å². The second-order valence-corrected chi connectivity index (χ2v) is 12.5. The Morgan fingerprint density at radius 3 is 2.83 bits per heavy atom. The molecular formula is C28H46FN5O. The van der Waals surface area contributed by atoms with Crippen LogP contribution in [-0.4, -0.2) is 84.4 Å². The van der Waals surface area contributed by atoms with Gasteiger partial charge in [0.05, 0.1) is 6.04 Å². The third-order valence-electron chi connectivity index (χ3n) is 10.6. The van der Waals surface area contributed by atoms with E-state index in [0.29, 0.717) is 30.8 Å². The molecule has 0 bridgehead atoms. The molecule has 6 nitrogen and oxygen atoms in total. The van der Waals surface area contributed by atoms with Gasteiger partial charge in [0.2, 0.25) is 5.91 Å². The van der Waals surface area contributed by atoms with Crippen LogP contribution < -0.4 is 16.0 Å². The molecule has 3 saturated heterocycles. The monoisotopic (exact) mass is 487 g/mol. The van der Waals surface area contributed by atoms with Crippen molar-refractivity contribution in [1.82, 2.24) is 25.8 Å². The molecule has 8 atom stereocenters. The number of allylic oxidation sites excluding steroid dienone is 1. The predicted molar refractivity (Wildman–Crippen MR) is 137 cm³/mol. The van der Waals surface area contributed by atoms with Crippen LogP contribution in [0.1, 0.15) is 77.6 Å². The van der Waals surface area contributed by atoms with Crippen LogP contribution in [0.4, 0.5) is 4.39 Å². The van der Waals surface area contributed by atoms with Crippen molar-refractivity contribution in [3.05, 3.63) is 11.6 Å². The summed E-state index contributed by atoms with van der Waals surface area (Å²) < 4.78 is 15.3. The van der Waals surface area contributed by atoms with Crippen LogP contribution in [0.5, 0.6) is 0 Å². The maximum atomic E-state index is 15.3. The topological polar surface area (TPSA) is 59.6 Å². The molecule has 3 aliphatic carbocycles. The van der Waals surface area contributed by atoms with Crippen molar-refractivity contribution in [2.75, 3.05) is 32.8 Å². The van der Waals surface area contributed by atoms with E-state index in [9.17, 15) is 4.79 Å². The van der Waals surface area contributed by atoms with Crippen molar-refractivity contribution in [1.29, 1.82) is 0 Å². The summed E-state index contributed by atoms with van der Waals surface area (Å²) in [5.41, 5.74) is 1.08. The van der Waals surface area contributed by atoms with E-state index in [0.717, 1.165) is 65.0 Å². The molecule has 196 valence electrons. The molecule has 0 radical (unpaired) electrons. The number of nitrogens with one attached hydrogen (secondary N) is 3. The van der Waals surface area contributed by atoms with Crippen molar-refractivity contribution < 1.29 is 9.18 Å². The van der Waals surface area contributed by atoms with Crippen LogP contribution in [0.2, 0.25) is 0 Å². The Bertz CT molecular complexity index is 821. The lowest BCUT2D eigenvalue weighted by atomic mass is 9.61. The minimum Gasteiger partial charge on any atom is -0.352 e. The molecule has 6 rings (SSSR count). The highest BCUT2D eigenvalue weighted by Gasteiger charge is 2.58. The standard InChI is InChI=1S/C28H46FN5O/c1-19-10-11-25(29)24-15-26(32-28(19,24)20-6-3-2-4-7-20)27(35)31-21-8-5-9-22(14-21)33-12-13-34-18-30-16-23(34)17-33/h6,19,21-26,30,32H,2-5,7-18H2,1H3,(H,31,35)/t19?,21-,22-,23?,24?,25?,26?,28?/m1/s1. The number of halogens is 1. The molecule has 3 heterocycles. The first-order chi connectivity index (χ1) is 17.0. The molecule has 0 spiro atoms. The Morgan fingerprint density at radius 2 is 1.97 bits per heavy atom. The molecule has 0 aromatic rings. The van der Waals surface area contributed by atoms with Gasteiger partial charge in [-0.15, -0.1) is 0 Å². The zero-order valence-electron chi connectivity index (χ0n) is 21.6. The van der Waals surface area contributed by atoms with E-state index >= 15 is 4.39 Å². The molecule has 0 aromatic carbocycles. The van der Waals surface area contributed by atoms with E-state index < -0.39 is 6.17 Å². The fourth-order valence-corrected chi connectivity index (χ4v) is 8.66. The summed E-state index contributed by atoms with van der Waals surface area (Å²) in [5.74, 6) is 0.427. The van der Waals surface area contributed by atoms with E-state index in [4.69, 9.17) is 0 Å². The smallest absolute Gasteiger partial charge is 0.237 e. The number of alkyl halides is 1. The van der Waals surface area contributed by atoms with Gasteiger partial charge < -0.3 is 10.6 Å². The summed E-state index contributed by atoms with van der Waals surface area (Å²) in [5, 5.41) is 10.8. The summed E-state index contributed by atoms with van der Waals surface area (Å²) in [6.45, 7) is 7.87. The van der Waals surface area contributed by atoms with E-state index in [2.05, 4.69) is 38.7 Å². The molecule has 1 amide bonds. The lowest BCUT2D eigenvalue weighted by Gasteiger charge is -2.49. The van der Waals surface area contributed by atoms with Crippen LogP contribution in [0.15, 0.2) is 11.6 Å². The Hall–Kier alpha value is -1.02. The fourth-order valence-electron chi connectivity index (χ4n) is 8.66. The lowest BCUT2D eigenvalue weighted by Crippen LogP contribution is -2.60. The maximum Gasteiger partial charge on any atom is 0.237 e. The Balaban J connectivity index is 1.11. The molecule has 7 heteroatoms. The first-order valence-electron chi connectivity index (χ1n) is 14.6. The number of amides is 1. The molecule has 3 N–H and O–H groups in total. The normalized spacial score (nSPS) is 45.0. The van der Waals surface area contributed by atoms with Crippen LogP contribution in [0.3, 0.4) is 0 Å². The van der Waals surface area contributed by atoms with Gasteiger partial charge >= 0.3 is 0 Å².